The molecule has 7 nitrogen and oxygen atoms in total. The molecule has 3 aliphatic rings. The molecule has 1 saturated heterocycles. The Labute approximate surface area is 151 Å². The summed E-state index contributed by atoms with van der Waals surface area (Å²) in [6.45, 7) is 1.56. The molecule has 0 saturated carbocycles. The summed E-state index contributed by atoms with van der Waals surface area (Å²) in [5.41, 5.74) is 2.25. The van der Waals surface area contributed by atoms with E-state index in [0.717, 1.165) is 36.8 Å². The van der Waals surface area contributed by atoms with Gasteiger partial charge in [-0.05, 0) is 55.7 Å². The summed E-state index contributed by atoms with van der Waals surface area (Å²) < 4.78 is 11.1. The zero-order valence-corrected chi connectivity index (χ0v) is 14.6. The van der Waals surface area contributed by atoms with Crippen molar-refractivity contribution < 1.29 is 34.7 Å². The van der Waals surface area contributed by atoms with Crippen molar-refractivity contribution in [3.05, 3.63) is 22.8 Å². The summed E-state index contributed by atoms with van der Waals surface area (Å²) in [4.78, 5) is 12.4. The van der Waals surface area contributed by atoms with Crippen molar-refractivity contribution in [2.24, 2.45) is 0 Å². The number of aliphatic hydroxyl groups excluding tert-OH is 3. The second kappa shape index (κ2) is 6.49. The number of phenolic OH excluding ortho intramolecular Hbond substituents is 1. The van der Waals surface area contributed by atoms with Crippen LogP contribution in [0.25, 0.3) is 0 Å². The lowest BCUT2D eigenvalue weighted by Gasteiger charge is -2.39. The smallest absolute Gasteiger partial charge is 0.229 e. The number of aliphatic hydroxyl groups is 3. The highest BCUT2D eigenvalue weighted by molar-refractivity contribution is 6.02. The predicted octanol–water partition coefficient (Wildman–Crippen LogP) is 0.995. The maximum absolute atomic E-state index is 12.4. The van der Waals surface area contributed by atoms with Crippen LogP contribution in [0.4, 0.5) is 0 Å². The SMILES string of the molecule is C[C@@H]1O[C@@H](Oc2cc3c4c(c2O)C(=O)CCC4CCC3)[C@@H](O)[C@H](O)[C@@H]1O. The number of ether oxygens (including phenoxy) is 2. The first-order valence-electron chi connectivity index (χ1n) is 9.16. The molecule has 1 aliphatic heterocycles. The van der Waals surface area contributed by atoms with Crippen molar-refractivity contribution >= 4 is 5.78 Å². The third-order valence-electron chi connectivity index (χ3n) is 5.85. The van der Waals surface area contributed by atoms with Crippen molar-refractivity contribution in [3.63, 3.8) is 0 Å². The summed E-state index contributed by atoms with van der Waals surface area (Å²) in [6.07, 6.45) is -2.09. The minimum absolute atomic E-state index is 0.0643. The number of aromatic hydroxyl groups is 1. The number of ketones is 1. The molecule has 0 bridgehead atoms. The maximum Gasteiger partial charge on any atom is 0.229 e. The van der Waals surface area contributed by atoms with Gasteiger partial charge in [0.15, 0.2) is 17.3 Å². The number of carbonyl (C=O) groups excluding carboxylic acids is 1. The van der Waals surface area contributed by atoms with Gasteiger partial charge in [-0.25, -0.2) is 0 Å². The van der Waals surface area contributed by atoms with Gasteiger partial charge in [0, 0.05) is 6.42 Å². The number of Topliss-reactive ketones (excluding diaryl/α,β-unsaturated/α-hetero) is 1. The zero-order valence-electron chi connectivity index (χ0n) is 14.6. The molecule has 1 unspecified atom stereocenters. The van der Waals surface area contributed by atoms with E-state index in [4.69, 9.17) is 9.47 Å². The summed E-state index contributed by atoms with van der Waals surface area (Å²) in [5.74, 6) is 0.0232. The van der Waals surface area contributed by atoms with Crippen LogP contribution >= 0.6 is 0 Å². The van der Waals surface area contributed by atoms with Crippen LogP contribution in [0.5, 0.6) is 11.5 Å². The first-order chi connectivity index (χ1) is 12.4. The molecule has 4 N–H and O–H groups in total. The fourth-order valence-corrected chi connectivity index (χ4v) is 4.40. The average molecular weight is 364 g/mol. The third kappa shape index (κ3) is 2.70. The molecule has 1 aromatic rings. The van der Waals surface area contributed by atoms with Crippen molar-refractivity contribution in [2.45, 2.75) is 75.7 Å². The Bertz CT molecular complexity index is 731. The van der Waals surface area contributed by atoms with Gasteiger partial charge >= 0.3 is 0 Å². The lowest BCUT2D eigenvalue weighted by atomic mass is 9.72. The number of phenols is 1. The Morgan fingerprint density at radius 3 is 2.65 bits per heavy atom. The Balaban J connectivity index is 1.70. The summed E-state index contributed by atoms with van der Waals surface area (Å²) in [5, 5.41) is 40.5. The van der Waals surface area contributed by atoms with Crippen LogP contribution < -0.4 is 4.74 Å². The number of aryl methyl sites for hydroxylation is 1. The first kappa shape index (κ1) is 17.7. The maximum atomic E-state index is 12.4. The molecule has 6 atom stereocenters. The number of hydrogen-bond acceptors (Lipinski definition) is 7. The van der Waals surface area contributed by atoms with Crippen molar-refractivity contribution in [1.29, 1.82) is 0 Å². The van der Waals surface area contributed by atoms with E-state index in [0.29, 0.717) is 17.9 Å². The van der Waals surface area contributed by atoms with Gasteiger partial charge in [-0.3, -0.25) is 4.79 Å². The van der Waals surface area contributed by atoms with E-state index in [2.05, 4.69) is 0 Å². The fraction of sp³-hybridized carbons (Fsp3) is 0.632. The minimum Gasteiger partial charge on any atom is -0.504 e. The van der Waals surface area contributed by atoms with E-state index in [-0.39, 0.29) is 17.3 Å². The van der Waals surface area contributed by atoms with E-state index in [1.54, 1.807) is 13.0 Å². The summed E-state index contributed by atoms with van der Waals surface area (Å²) >= 11 is 0. The fourth-order valence-electron chi connectivity index (χ4n) is 4.40. The Hall–Kier alpha value is -1.67. The molecule has 0 aromatic heterocycles. The minimum atomic E-state index is -1.48. The van der Waals surface area contributed by atoms with Gasteiger partial charge in [0.05, 0.1) is 11.7 Å². The van der Waals surface area contributed by atoms with Crippen molar-refractivity contribution in [1.82, 2.24) is 0 Å². The van der Waals surface area contributed by atoms with E-state index >= 15 is 0 Å². The van der Waals surface area contributed by atoms with E-state index in [9.17, 15) is 25.2 Å². The highest BCUT2D eigenvalue weighted by atomic mass is 16.7. The van der Waals surface area contributed by atoms with Crippen LogP contribution in [0, 0.1) is 0 Å². The highest BCUT2D eigenvalue weighted by Crippen LogP contribution is 2.48. The van der Waals surface area contributed by atoms with Crippen molar-refractivity contribution in [3.8, 4) is 11.5 Å². The average Bonchev–Trinajstić information content (AvgIpc) is 2.63. The van der Waals surface area contributed by atoms with Gasteiger partial charge in [-0.2, -0.15) is 0 Å². The number of rotatable bonds is 2. The largest absolute Gasteiger partial charge is 0.504 e. The van der Waals surface area contributed by atoms with Crippen LogP contribution in [-0.4, -0.2) is 56.9 Å². The van der Waals surface area contributed by atoms with Gasteiger partial charge in [-0.1, -0.05) is 0 Å². The molecule has 26 heavy (non-hydrogen) atoms. The van der Waals surface area contributed by atoms with E-state index in [1.165, 1.54) is 0 Å². The van der Waals surface area contributed by atoms with Crippen LogP contribution in [-0.2, 0) is 11.2 Å². The normalized spacial score (nSPS) is 36.5. The van der Waals surface area contributed by atoms with Gasteiger partial charge in [0.2, 0.25) is 6.29 Å². The first-order valence-corrected chi connectivity index (χ1v) is 9.16. The van der Waals surface area contributed by atoms with Crippen LogP contribution in [0.1, 0.15) is 60.0 Å². The summed E-state index contributed by atoms with van der Waals surface area (Å²) in [7, 11) is 0. The number of hydrogen-bond donors (Lipinski definition) is 4. The third-order valence-corrected chi connectivity index (χ3v) is 5.85. The second-order valence-electron chi connectivity index (χ2n) is 7.52. The molecule has 1 heterocycles. The Kier molecular flexibility index (Phi) is 4.43. The molecule has 2 aliphatic carbocycles. The van der Waals surface area contributed by atoms with Crippen molar-refractivity contribution in [2.75, 3.05) is 0 Å². The highest BCUT2D eigenvalue weighted by Gasteiger charge is 2.44. The molecule has 142 valence electrons. The number of carbonyl (C=O) groups is 1. The molecular formula is C19H24O7. The Morgan fingerprint density at radius 2 is 1.88 bits per heavy atom. The van der Waals surface area contributed by atoms with Crippen LogP contribution in [0.3, 0.4) is 0 Å². The lowest BCUT2D eigenvalue weighted by Crippen LogP contribution is -2.58. The predicted molar refractivity (Wildman–Crippen MR) is 90.3 cm³/mol. The standard InChI is InChI=1S/C19H24O7/c1-8-15(21)17(23)18(24)19(25-8)26-12-7-10-4-2-3-9-5-6-11(20)14(13(9)10)16(12)22/h7-9,15,17-19,21-24H,2-6H2,1H3/t8-,9?,15+,17+,18-,19-/m0/s1. The topological polar surface area (TPSA) is 116 Å². The molecule has 1 aromatic carbocycles. The molecule has 1 fully saturated rings. The van der Waals surface area contributed by atoms with Gasteiger partial charge in [0.1, 0.15) is 18.3 Å². The summed E-state index contributed by atoms with van der Waals surface area (Å²) in [6, 6.07) is 1.71. The number of benzene rings is 1. The molecule has 0 amide bonds. The molecule has 0 spiro atoms. The monoisotopic (exact) mass is 364 g/mol. The second-order valence-corrected chi connectivity index (χ2v) is 7.52. The zero-order chi connectivity index (χ0) is 18.6. The quantitative estimate of drug-likeness (QED) is 0.618. The van der Waals surface area contributed by atoms with Gasteiger partial charge in [0.25, 0.3) is 0 Å². The molecule has 7 heteroatoms. The molecule has 4 rings (SSSR count). The van der Waals surface area contributed by atoms with E-state index < -0.39 is 30.7 Å². The van der Waals surface area contributed by atoms with Crippen LogP contribution in [0.2, 0.25) is 0 Å². The lowest BCUT2D eigenvalue weighted by molar-refractivity contribution is -0.268. The Morgan fingerprint density at radius 1 is 1.12 bits per heavy atom. The van der Waals surface area contributed by atoms with E-state index in [1.807, 2.05) is 0 Å². The van der Waals surface area contributed by atoms with Gasteiger partial charge < -0.3 is 29.9 Å². The molecule has 0 radical (unpaired) electrons. The molecular weight excluding hydrogens is 340 g/mol. The van der Waals surface area contributed by atoms with Gasteiger partial charge in [-0.15, -0.1) is 0 Å². The van der Waals surface area contributed by atoms with Crippen LogP contribution in [0.15, 0.2) is 6.07 Å².